The summed E-state index contributed by atoms with van der Waals surface area (Å²) in [4.78, 5) is 0. The minimum Gasteiger partial charge on any atom is -0.494 e. The first kappa shape index (κ1) is 21.4. The normalized spacial score (nSPS) is 10.1. The average Bonchev–Trinajstić information content (AvgIpc) is 2.74. The molecule has 0 aromatic heterocycles. The number of rotatable bonds is 8. The second-order valence-electron chi connectivity index (χ2n) is 6.75. The SMILES string of the molecule is CCCCCOc1ccc(C#C/C=C/C#Cc2ccc(CCCC)cc2)cc1. The van der Waals surface area contributed by atoms with Crippen molar-refractivity contribution in [2.24, 2.45) is 0 Å². The van der Waals surface area contributed by atoms with Crippen molar-refractivity contribution in [3.63, 3.8) is 0 Å². The third kappa shape index (κ3) is 8.66. The van der Waals surface area contributed by atoms with Gasteiger partial charge in [-0.3, -0.25) is 0 Å². The van der Waals surface area contributed by atoms with E-state index in [2.05, 4.69) is 61.8 Å². The molecule has 0 aliphatic carbocycles. The summed E-state index contributed by atoms with van der Waals surface area (Å²) >= 11 is 0. The maximum absolute atomic E-state index is 5.71. The maximum Gasteiger partial charge on any atom is 0.119 e. The minimum atomic E-state index is 0.780. The van der Waals surface area contributed by atoms with Crippen molar-refractivity contribution in [1.29, 1.82) is 0 Å². The summed E-state index contributed by atoms with van der Waals surface area (Å²) in [7, 11) is 0. The first-order chi connectivity index (χ1) is 13.8. The van der Waals surface area contributed by atoms with Crippen LogP contribution < -0.4 is 4.74 Å². The monoisotopic (exact) mass is 370 g/mol. The zero-order valence-corrected chi connectivity index (χ0v) is 17.1. The van der Waals surface area contributed by atoms with Crippen LogP contribution in [0.25, 0.3) is 0 Å². The van der Waals surface area contributed by atoms with Gasteiger partial charge in [0.05, 0.1) is 6.61 Å². The Morgan fingerprint density at radius 1 is 0.714 bits per heavy atom. The molecule has 0 heterocycles. The van der Waals surface area contributed by atoms with Crippen molar-refractivity contribution in [3.8, 4) is 29.4 Å². The maximum atomic E-state index is 5.71. The largest absolute Gasteiger partial charge is 0.494 e. The van der Waals surface area contributed by atoms with Gasteiger partial charge in [-0.15, -0.1) is 0 Å². The van der Waals surface area contributed by atoms with Crippen molar-refractivity contribution in [2.75, 3.05) is 6.61 Å². The van der Waals surface area contributed by atoms with Gasteiger partial charge >= 0.3 is 0 Å². The highest BCUT2D eigenvalue weighted by Gasteiger charge is 1.94. The number of benzene rings is 2. The Morgan fingerprint density at radius 2 is 1.29 bits per heavy atom. The molecule has 0 atom stereocenters. The number of unbranched alkanes of at least 4 members (excludes halogenated alkanes) is 3. The summed E-state index contributed by atoms with van der Waals surface area (Å²) in [5.41, 5.74) is 3.39. The smallest absolute Gasteiger partial charge is 0.119 e. The van der Waals surface area contributed by atoms with Crippen LogP contribution in [0.5, 0.6) is 5.75 Å². The molecule has 28 heavy (non-hydrogen) atoms. The van der Waals surface area contributed by atoms with E-state index >= 15 is 0 Å². The van der Waals surface area contributed by atoms with Crippen molar-refractivity contribution in [2.45, 2.75) is 52.4 Å². The van der Waals surface area contributed by atoms with Crippen LogP contribution in [0.3, 0.4) is 0 Å². The lowest BCUT2D eigenvalue weighted by molar-refractivity contribution is 0.306. The molecule has 1 nitrogen and oxygen atoms in total. The van der Waals surface area contributed by atoms with Crippen molar-refractivity contribution >= 4 is 0 Å². The van der Waals surface area contributed by atoms with Crippen LogP contribution in [0.15, 0.2) is 60.7 Å². The molecule has 0 amide bonds. The molecule has 2 aromatic rings. The molecule has 144 valence electrons. The molecule has 0 fully saturated rings. The Morgan fingerprint density at radius 3 is 1.86 bits per heavy atom. The molecule has 0 aliphatic heterocycles. The van der Waals surface area contributed by atoms with E-state index in [0.29, 0.717) is 0 Å². The van der Waals surface area contributed by atoms with E-state index in [4.69, 9.17) is 4.74 Å². The average molecular weight is 371 g/mol. The Balaban J connectivity index is 1.79. The van der Waals surface area contributed by atoms with E-state index in [0.717, 1.165) is 36.3 Å². The molecular formula is C27H30O. The highest BCUT2D eigenvalue weighted by molar-refractivity contribution is 5.42. The molecule has 0 aliphatic rings. The summed E-state index contributed by atoms with van der Waals surface area (Å²) < 4.78 is 5.71. The van der Waals surface area contributed by atoms with E-state index in [-0.39, 0.29) is 0 Å². The Hall–Kier alpha value is -2.90. The predicted octanol–water partition coefficient (Wildman–Crippen LogP) is 6.56. The fraction of sp³-hybridized carbons (Fsp3) is 0.333. The van der Waals surface area contributed by atoms with Crippen LogP contribution in [0.4, 0.5) is 0 Å². The summed E-state index contributed by atoms with van der Waals surface area (Å²) in [6.45, 7) is 5.19. The quantitative estimate of drug-likeness (QED) is 0.378. The van der Waals surface area contributed by atoms with E-state index in [1.807, 2.05) is 24.3 Å². The van der Waals surface area contributed by atoms with Gasteiger partial charge in [-0.1, -0.05) is 68.9 Å². The number of hydrogen-bond acceptors (Lipinski definition) is 1. The molecule has 0 unspecified atom stereocenters. The van der Waals surface area contributed by atoms with E-state index < -0.39 is 0 Å². The molecule has 0 N–H and O–H groups in total. The first-order valence-corrected chi connectivity index (χ1v) is 10.3. The first-order valence-electron chi connectivity index (χ1n) is 10.3. The van der Waals surface area contributed by atoms with Gasteiger partial charge in [-0.05, 0) is 73.4 Å². The second-order valence-corrected chi connectivity index (χ2v) is 6.75. The van der Waals surface area contributed by atoms with E-state index in [9.17, 15) is 0 Å². The van der Waals surface area contributed by atoms with Crippen molar-refractivity contribution in [1.82, 2.24) is 0 Å². The second kappa shape index (κ2) is 13.3. The van der Waals surface area contributed by atoms with E-state index in [1.165, 1.54) is 31.2 Å². The predicted molar refractivity (Wildman–Crippen MR) is 119 cm³/mol. The van der Waals surface area contributed by atoms with Gasteiger partial charge in [0.1, 0.15) is 5.75 Å². The van der Waals surface area contributed by atoms with Gasteiger partial charge in [0.25, 0.3) is 0 Å². The lowest BCUT2D eigenvalue weighted by Crippen LogP contribution is -1.96. The molecule has 1 heteroatoms. The highest BCUT2D eigenvalue weighted by Crippen LogP contribution is 2.12. The van der Waals surface area contributed by atoms with Gasteiger partial charge in [0.2, 0.25) is 0 Å². The topological polar surface area (TPSA) is 9.23 Å². The van der Waals surface area contributed by atoms with Gasteiger partial charge in [0.15, 0.2) is 0 Å². The summed E-state index contributed by atoms with van der Waals surface area (Å²) in [5, 5.41) is 0. The fourth-order valence-electron chi connectivity index (χ4n) is 2.65. The molecule has 2 aromatic carbocycles. The van der Waals surface area contributed by atoms with Crippen LogP contribution in [0.2, 0.25) is 0 Å². The van der Waals surface area contributed by atoms with Gasteiger partial charge in [0, 0.05) is 11.1 Å². The van der Waals surface area contributed by atoms with Crippen molar-refractivity contribution < 1.29 is 4.74 Å². The molecule has 0 saturated carbocycles. The minimum absolute atomic E-state index is 0.780. The van der Waals surface area contributed by atoms with Gasteiger partial charge in [-0.25, -0.2) is 0 Å². The summed E-state index contributed by atoms with van der Waals surface area (Å²) in [6.07, 6.45) is 10.7. The van der Waals surface area contributed by atoms with Gasteiger partial charge < -0.3 is 4.74 Å². The van der Waals surface area contributed by atoms with Gasteiger partial charge in [-0.2, -0.15) is 0 Å². The number of allylic oxidation sites excluding steroid dienone is 2. The van der Waals surface area contributed by atoms with Crippen LogP contribution >= 0.6 is 0 Å². The Labute approximate surface area is 170 Å². The van der Waals surface area contributed by atoms with Crippen LogP contribution in [-0.2, 0) is 6.42 Å². The molecule has 0 saturated heterocycles. The third-order valence-electron chi connectivity index (χ3n) is 4.33. The lowest BCUT2D eigenvalue weighted by atomic mass is 10.1. The van der Waals surface area contributed by atoms with Crippen molar-refractivity contribution in [3.05, 3.63) is 77.4 Å². The molecular weight excluding hydrogens is 340 g/mol. The van der Waals surface area contributed by atoms with Crippen LogP contribution in [0.1, 0.15) is 62.6 Å². The standard InChI is InChI=1S/C27H30O/c1-3-5-11-23-28-27-21-19-26(20-22-27)14-10-8-7-9-13-25-17-15-24(16-18-25)12-6-4-2/h7-8,15-22H,3-6,11-12,23H2,1-2H3/b8-7+. The molecule has 0 bridgehead atoms. The number of aryl methyl sites for hydroxylation is 1. The summed E-state index contributed by atoms with van der Waals surface area (Å²) in [6, 6.07) is 16.4. The molecule has 2 rings (SSSR count). The van der Waals surface area contributed by atoms with Crippen LogP contribution in [-0.4, -0.2) is 6.61 Å². The Kier molecular flexibility index (Phi) is 10.2. The zero-order chi connectivity index (χ0) is 19.9. The number of hydrogen-bond donors (Lipinski definition) is 0. The summed E-state index contributed by atoms with van der Waals surface area (Å²) in [5.74, 6) is 13.2. The Bertz CT molecular complexity index is 834. The lowest BCUT2D eigenvalue weighted by Gasteiger charge is -2.05. The highest BCUT2D eigenvalue weighted by atomic mass is 16.5. The van der Waals surface area contributed by atoms with E-state index in [1.54, 1.807) is 12.2 Å². The fourth-order valence-corrected chi connectivity index (χ4v) is 2.65. The molecule has 0 radical (unpaired) electrons. The van der Waals surface area contributed by atoms with Crippen LogP contribution in [0, 0.1) is 23.7 Å². The zero-order valence-electron chi connectivity index (χ0n) is 17.1. The third-order valence-corrected chi connectivity index (χ3v) is 4.33. The number of ether oxygens (including phenoxy) is 1. The molecule has 0 spiro atoms.